The first-order valence-electron chi connectivity index (χ1n) is 4.09. The molecule has 0 amide bonds. The highest BCUT2D eigenvalue weighted by Gasteiger charge is 2.22. The summed E-state index contributed by atoms with van der Waals surface area (Å²) >= 11 is 9.17. The molecule has 11 heavy (non-hydrogen) atoms. The zero-order chi connectivity index (χ0) is 8.43. The summed E-state index contributed by atoms with van der Waals surface area (Å²) in [6.45, 7) is 6.77. The summed E-state index contributed by atoms with van der Waals surface area (Å²) in [6, 6.07) is 0. The minimum absolute atomic E-state index is 0.753. The summed E-state index contributed by atoms with van der Waals surface area (Å²) in [4.78, 5) is 2.18. The van der Waals surface area contributed by atoms with Crippen LogP contribution in [-0.2, 0) is 0 Å². The van der Waals surface area contributed by atoms with Crippen molar-refractivity contribution in [2.75, 3.05) is 13.1 Å². The topological polar surface area (TPSA) is 3.24 Å². The molecule has 0 radical (unpaired) electrons. The van der Waals surface area contributed by atoms with E-state index >= 15 is 0 Å². The lowest BCUT2D eigenvalue weighted by Crippen LogP contribution is -2.39. The lowest BCUT2D eigenvalue weighted by atomic mass is 9.89. The number of hydrogen-bond donors (Lipinski definition) is 1. The van der Waals surface area contributed by atoms with E-state index in [4.69, 9.17) is 12.2 Å². The van der Waals surface area contributed by atoms with Gasteiger partial charge in [0.1, 0.15) is 4.32 Å². The van der Waals surface area contributed by atoms with Crippen LogP contribution in [0.5, 0.6) is 0 Å². The molecule has 3 heteroatoms. The molecule has 1 saturated heterocycles. The third-order valence-corrected chi connectivity index (χ3v) is 3.15. The molecule has 0 aromatic heterocycles. The van der Waals surface area contributed by atoms with Gasteiger partial charge in [-0.2, -0.15) is 0 Å². The maximum absolute atomic E-state index is 5.00. The molecule has 64 valence electrons. The number of piperidine rings is 1. The van der Waals surface area contributed by atoms with Crippen molar-refractivity contribution in [3.05, 3.63) is 0 Å². The fourth-order valence-corrected chi connectivity index (χ4v) is 1.78. The molecule has 0 aromatic rings. The molecule has 1 aliphatic rings. The molecule has 0 saturated carbocycles. The van der Waals surface area contributed by atoms with Crippen molar-refractivity contribution in [2.45, 2.75) is 20.3 Å². The van der Waals surface area contributed by atoms with Gasteiger partial charge in [0, 0.05) is 13.1 Å². The van der Waals surface area contributed by atoms with Gasteiger partial charge in [0.25, 0.3) is 0 Å². The van der Waals surface area contributed by atoms with Gasteiger partial charge in [0.05, 0.1) is 0 Å². The monoisotopic (exact) mass is 189 g/mol. The van der Waals surface area contributed by atoms with E-state index in [1.54, 1.807) is 0 Å². The quantitative estimate of drug-likeness (QED) is 0.459. The number of thiocarbonyl (C=S) groups is 1. The molecule has 0 bridgehead atoms. The van der Waals surface area contributed by atoms with Crippen molar-refractivity contribution in [3.63, 3.8) is 0 Å². The van der Waals surface area contributed by atoms with E-state index in [1.165, 1.54) is 6.42 Å². The van der Waals surface area contributed by atoms with E-state index in [0.717, 1.165) is 29.2 Å². The molecular formula is C8H15NS2. The third-order valence-electron chi connectivity index (χ3n) is 2.60. The van der Waals surface area contributed by atoms with Crippen molar-refractivity contribution in [1.29, 1.82) is 0 Å². The summed E-state index contributed by atoms with van der Waals surface area (Å²) in [6.07, 6.45) is 1.25. The highest BCUT2D eigenvalue weighted by Crippen LogP contribution is 2.22. The molecule has 0 spiro atoms. The van der Waals surface area contributed by atoms with Gasteiger partial charge in [-0.3, -0.25) is 0 Å². The van der Waals surface area contributed by atoms with E-state index < -0.39 is 0 Å². The second-order valence-corrected chi connectivity index (χ2v) is 4.58. The lowest BCUT2D eigenvalue weighted by molar-refractivity contribution is 0.209. The van der Waals surface area contributed by atoms with Crippen LogP contribution < -0.4 is 0 Å². The Labute approximate surface area is 79.6 Å². The number of nitrogens with zero attached hydrogens (tertiary/aromatic N) is 1. The fraction of sp³-hybridized carbons (Fsp3) is 0.875. The van der Waals surface area contributed by atoms with E-state index in [-0.39, 0.29) is 0 Å². The highest BCUT2D eigenvalue weighted by molar-refractivity contribution is 8.10. The highest BCUT2D eigenvalue weighted by atomic mass is 32.1. The van der Waals surface area contributed by atoms with Gasteiger partial charge >= 0.3 is 0 Å². The van der Waals surface area contributed by atoms with Crippen molar-refractivity contribution in [3.8, 4) is 0 Å². The van der Waals surface area contributed by atoms with Crippen LogP contribution >= 0.6 is 24.8 Å². The van der Waals surface area contributed by atoms with E-state index in [0.29, 0.717) is 0 Å². The molecule has 1 rings (SSSR count). The largest absolute Gasteiger partial charge is 0.357 e. The van der Waals surface area contributed by atoms with Gasteiger partial charge in [-0.1, -0.05) is 26.1 Å². The first-order chi connectivity index (χ1) is 5.11. The summed E-state index contributed by atoms with van der Waals surface area (Å²) < 4.78 is 0.753. The maximum Gasteiger partial charge on any atom is 0.133 e. The Bertz CT molecular complexity index is 158. The third kappa shape index (κ3) is 2.34. The Hall–Kier alpha value is 0.240. The fourth-order valence-electron chi connectivity index (χ4n) is 1.44. The zero-order valence-corrected chi connectivity index (χ0v) is 8.79. The van der Waals surface area contributed by atoms with Crippen molar-refractivity contribution >= 4 is 29.2 Å². The van der Waals surface area contributed by atoms with Crippen molar-refractivity contribution < 1.29 is 0 Å². The molecule has 2 atom stereocenters. The molecule has 1 fully saturated rings. The number of rotatable bonds is 0. The number of likely N-dealkylation sites (tertiary alicyclic amines) is 1. The molecule has 0 aromatic carbocycles. The molecule has 1 nitrogen and oxygen atoms in total. The minimum Gasteiger partial charge on any atom is -0.357 e. The van der Waals surface area contributed by atoms with Gasteiger partial charge in [-0.05, 0) is 18.3 Å². The van der Waals surface area contributed by atoms with Gasteiger partial charge in [-0.25, -0.2) is 0 Å². The number of hydrogen-bond acceptors (Lipinski definition) is 1. The average molecular weight is 189 g/mol. The minimum atomic E-state index is 0.753. The van der Waals surface area contributed by atoms with Gasteiger partial charge in [0.2, 0.25) is 0 Å². The second kappa shape index (κ2) is 3.76. The summed E-state index contributed by atoms with van der Waals surface area (Å²) in [7, 11) is 0. The standard InChI is InChI=1S/C8H15NS2/c1-6-3-4-9(8(10)11)5-7(6)2/h6-7H,3-5H2,1-2H3,(H,10,11). The molecular weight excluding hydrogens is 174 g/mol. The normalized spacial score (nSPS) is 32.1. The Kier molecular flexibility index (Phi) is 3.19. The zero-order valence-electron chi connectivity index (χ0n) is 7.08. The van der Waals surface area contributed by atoms with Crippen LogP contribution in [0.15, 0.2) is 0 Å². The molecule has 0 N–H and O–H groups in total. The van der Waals surface area contributed by atoms with Crippen LogP contribution in [0.2, 0.25) is 0 Å². The molecule has 2 unspecified atom stereocenters. The molecule has 1 heterocycles. The Balaban J connectivity index is 2.46. The van der Waals surface area contributed by atoms with E-state index in [1.807, 2.05) is 0 Å². The average Bonchev–Trinajstić information content (AvgIpc) is 1.94. The summed E-state index contributed by atoms with van der Waals surface area (Å²) in [5.41, 5.74) is 0. The van der Waals surface area contributed by atoms with E-state index in [2.05, 4.69) is 31.4 Å². The van der Waals surface area contributed by atoms with Crippen LogP contribution in [0.25, 0.3) is 0 Å². The van der Waals surface area contributed by atoms with Gasteiger partial charge in [0.15, 0.2) is 0 Å². The number of thiol groups is 1. The van der Waals surface area contributed by atoms with Crippen molar-refractivity contribution in [2.24, 2.45) is 11.8 Å². The van der Waals surface area contributed by atoms with Crippen LogP contribution in [-0.4, -0.2) is 22.3 Å². The second-order valence-electron chi connectivity index (χ2n) is 3.47. The summed E-state index contributed by atoms with van der Waals surface area (Å²) in [5.74, 6) is 1.60. The van der Waals surface area contributed by atoms with Crippen molar-refractivity contribution in [1.82, 2.24) is 4.90 Å². The lowest BCUT2D eigenvalue weighted by Gasteiger charge is -2.35. The first-order valence-corrected chi connectivity index (χ1v) is 4.94. The van der Waals surface area contributed by atoms with Gasteiger partial charge < -0.3 is 4.90 Å². The first kappa shape index (κ1) is 9.33. The SMILES string of the molecule is CC1CCN(C(=S)S)CC1C. The predicted molar refractivity (Wildman–Crippen MR) is 56.1 cm³/mol. The maximum atomic E-state index is 5.00. The Morgan fingerprint density at radius 1 is 1.45 bits per heavy atom. The predicted octanol–water partition coefficient (Wildman–Crippen LogP) is 2.18. The smallest absolute Gasteiger partial charge is 0.133 e. The van der Waals surface area contributed by atoms with Crippen LogP contribution in [0.3, 0.4) is 0 Å². The van der Waals surface area contributed by atoms with Crippen LogP contribution in [0.4, 0.5) is 0 Å². The van der Waals surface area contributed by atoms with Crippen LogP contribution in [0.1, 0.15) is 20.3 Å². The Morgan fingerprint density at radius 2 is 2.09 bits per heavy atom. The summed E-state index contributed by atoms with van der Waals surface area (Å²) in [5, 5.41) is 0. The van der Waals surface area contributed by atoms with E-state index in [9.17, 15) is 0 Å². The molecule has 0 aliphatic carbocycles. The Morgan fingerprint density at radius 3 is 2.55 bits per heavy atom. The molecule has 1 aliphatic heterocycles. The van der Waals surface area contributed by atoms with Crippen LogP contribution in [0, 0.1) is 11.8 Å². The van der Waals surface area contributed by atoms with Gasteiger partial charge in [-0.15, -0.1) is 12.6 Å².